The van der Waals surface area contributed by atoms with Gasteiger partial charge in [-0.3, -0.25) is 0 Å². The van der Waals surface area contributed by atoms with Crippen molar-refractivity contribution in [2.24, 2.45) is 0 Å². The van der Waals surface area contributed by atoms with E-state index in [0.717, 1.165) is 4.59 Å². The van der Waals surface area contributed by atoms with Gasteiger partial charge < -0.3 is 0 Å². The van der Waals surface area contributed by atoms with Crippen molar-refractivity contribution in [1.82, 2.24) is 4.90 Å². The average molecular weight is 93.1 g/mol. The maximum absolute atomic E-state index is 2.22. The summed E-state index contributed by atoms with van der Waals surface area (Å²) in [5, 5.41) is 0. The van der Waals surface area contributed by atoms with Gasteiger partial charge in [0.15, 0.2) is 0 Å². The Balaban J connectivity index is 2.95. The van der Waals surface area contributed by atoms with Crippen molar-refractivity contribution in [1.29, 1.82) is 0 Å². The molecule has 0 rings (SSSR count). The molecule has 0 radical (unpaired) electrons. The molecule has 0 aromatic carbocycles. The molecule has 1 unspecified atom stereocenters. The van der Waals surface area contributed by atoms with Crippen LogP contribution in [0.2, 0.25) is 4.59 Å². The van der Waals surface area contributed by atoms with Crippen molar-refractivity contribution < 1.29 is 0 Å². The van der Waals surface area contributed by atoms with E-state index in [2.05, 4.69) is 43.6 Å². The zero-order valence-corrected chi connectivity index (χ0v) is 5.73. The Labute approximate surface area is 55.3 Å². The molecule has 7 heavy (non-hydrogen) atoms. The Morgan fingerprint density at radius 2 is 2.00 bits per heavy atom. The van der Waals surface area contributed by atoms with Crippen molar-refractivity contribution in [3.63, 3.8) is 0 Å². The normalized spacial score (nSPS) is 15.1. The molecule has 0 spiro atoms. The van der Waals surface area contributed by atoms with Crippen LogP contribution < -0.4 is 0 Å². The predicted molar refractivity (Wildman–Crippen MR) is 33.7 cm³/mol. The first-order valence-corrected chi connectivity index (χ1v) is 2.77. The first kappa shape index (κ1) is 7.56. The van der Waals surface area contributed by atoms with E-state index in [-0.39, 0.29) is 0 Å². The molecule has 1 nitrogen and oxygen atoms in total. The molecule has 0 saturated heterocycles. The molecule has 0 saturated carbocycles. The molecular formula is C5H12LiN. The van der Waals surface area contributed by atoms with E-state index in [1.165, 1.54) is 6.54 Å². The van der Waals surface area contributed by atoms with E-state index in [4.69, 9.17) is 0 Å². The standard InChI is InChI=1S/C5H12N.Li/c1-4-5-6(2)3;/h4H,5H2,1-3H3;. The van der Waals surface area contributed by atoms with Gasteiger partial charge in [0.05, 0.1) is 0 Å². The van der Waals surface area contributed by atoms with Crippen LogP contribution in [-0.2, 0) is 0 Å². The molecule has 0 heterocycles. The Morgan fingerprint density at radius 3 is 2.00 bits per heavy atom. The van der Waals surface area contributed by atoms with E-state index < -0.39 is 0 Å². The van der Waals surface area contributed by atoms with Gasteiger partial charge in [-0.25, -0.2) is 0 Å². The first-order chi connectivity index (χ1) is 3.13. The second kappa shape index (κ2) is 3.55. The summed E-state index contributed by atoms with van der Waals surface area (Å²) < 4.78 is 0.801. The van der Waals surface area contributed by atoms with Gasteiger partial charge in [0.25, 0.3) is 0 Å². The van der Waals surface area contributed by atoms with Crippen molar-refractivity contribution in [3.05, 3.63) is 0 Å². The van der Waals surface area contributed by atoms with Crippen LogP contribution in [0.25, 0.3) is 0 Å². The van der Waals surface area contributed by atoms with Gasteiger partial charge in [0, 0.05) is 0 Å². The fourth-order valence-corrected chi connectivity index (χ4v) is 0.730. The zero-order chi connectivity index (χ0) is 5.86. The number of rotatable bonds is 2. The quantitative estimate of drug-likeness (QED) is 0.450. The van der Waals surface area contributed by atoms with E-state index in [0.29, 0.717) is 0 Å². The second-order valence-corrected chi connectivity index (χ2v) is 2.66. The van der Waals surface area contributed by atoms with Crippen molar-refractivity contribution in [3.8, 4) is 0 Å². The molecule has 0 bridgehead atoms. The molecule has 2 heteroatoms. The summed E-state index contributed by atoms with van der Waals surface area (Å²) in [6, 6.07) is 0. The SMILES string of the molecule is [Li][CH](C)CN(C)C. The molecule has 1 atom stereocenters. The summed E-state index contributed by atoms with van der Waals surface area (Å²) in [4.78, 5) is 2.20. The number of hydrogen-bond donors (Lipinski definition) is 0. The molecule has 0 fully saturated rings. The fourth-order valence-electron chi connectivity index (χ4n) is 0.730. The van der Waals surface area contributed by atoms with Gasteiger partial charge in [-0.05, 0) is 0 Å². The fraction of sp³-hybridized carbons (Fsp3) is 1.00. The molecule has 38 valence electrons. The van der Waals surface area contributed by atoms with Gasteiger partial charge in [-0.2, -0.15) is 0 Å². The van der Waals surface area contributed by atoms with Crippen LogP contribution >= 0.6 is 0 Å². The Kier molecular flexibility index (Phi) is 3.83. The second-order valence-electron chi connectivity index (χ2n) is 2.66. The monoisotopic (exact) mass is 93.1 g/mol. The van der Waals surface area contributed by atoms with Crippen LogP contribution in [0.3, 0.4) is 0 Å². The van der Waals surface area contributed by atoms with Crippen LogP contribution in [0, 0.1) is 0 Å². The summed E-state index contributed by atoms with van der Waals surface area (Å²) >= 11 is 2.22. The van der Waals surface area contributed by atoms with Crippen LogP contribution in [0.4, 0.5) is 0 Å². The van der Waals surface area contributed by atoms with Crippen molar-refractivity contribution in [2.45, 2.75) is 11.5 Å². The van der Waals surface area contributed by atoms with E-state index >= 15 is 0 Å². The number of hydrogen-bond acceptors (Lipinski definition) is 1. The summed E-state index contributed by atoms with van der Waals surface area (Å²) in [6.45, 7) is 3.42. The third kappa shape index (κ3) is 6.56. The molecule has 0 aliphatic rings. The van der Waals surface area contributed by atoms with Crippen LogP contribution in [-0.4, -0.2) is 43.3 Å². The Hall–Kier alpha value is 0.557. The predicted octanol–water partition coefficient (Wildman–Crippen LogP) is 0.525. The summed E-state index contributed by atoms with van der Waals surface area (Å²) in [7, 11) is 4.19. The van der Waals surface area contributed by atoms with Gasteiger partial charge in [0.2, 0.25) is 0 Å². The zero-order valence-electron chi connectivity index (χ0n) is 5.73. The van der Waals surface area contributed by atoms with Gasteiger partial charge >= 0.3 is 54.8 Å². The van der Waals surface area contributed by atoms with Gasteiger partial charge in [0.1, 0.15) is 0 Å². The molecule has 0 aromatic heterocycles. The summed E-state index contributed by atoms with van der Waals surface area (Å²) in [6.07, 6.45) is 0. The maximum atomic E-state index is 2.22. The van der Waals surface area contributed by atoms with Gasteiger partial charge in [-0.15, -0.1) is 0 Å². The molecule has 0 N–H and O–H groups in total. The minimum absolute atomic E-state index is 0.801. The van der Waals surface area contributed by atoms with Crippen molar-refractivity contribution in [2.75, 3.05) is 20.6 Å². The number of nitrogens with zero attached hydrogens (tertiary/aromatic N) is 1. The molecule has 0 aliphatic heterocycles. The van der Waals surface area contributed by atoms with E-state index in [1.807, 2.05) is 0 Å². The molecule has 0 aliphatic carbocycles. The van der Waals surface area contributed by atoms with Gasteiger partial charge in [-0.1, -0.05) is 0 Å². The van der Waals surface area contributed by atoms with Crippen LogP contribution in [0.1, 0.15) is 6.92 Å². The molecule has 0 amide bonds. The van der Waals surface area contributed by atoms with Crippen molar-refractivity contribution >= 4 is 17.7 Å². The summed E-state index contributed by atoms with van der Waals surface area (Å²) in [5.74, 6) is 0. The van der Waals surface area contributed by atoms with E-state index in [9.17, 15) is 0 Å². The third-order valence-electron chi connectivity index (χ3n) is 0.730. The molecular weight excluding hydrogens is 81.0 g/mol. The van der Waals surface area contributed by atoms with Crippen LogP contribution in [0.15, 0.2) is 0 Å². The van der Waals surface area contributed by atoms with Crippen LogP contribution in [0.5, 0.6) is 0 Å². The summed E-state index contributed by atoms with van der Waals surface area (Å²) in [5.41, 5.74) is 0. The Bertz CT molecular complexity index is 37.3. The minimum atomic E-state index is 0.801. The van der Waals surface area contributed by atoms with E-state index in [1.54, 1.807) is 0 Å². The topological polar surface area (TPSA) is 3.24 Å². The Morgan fingerprint density at radius 1 is 1.57 bits per heavy atom. The first-order valence-electron chi connectivity index (χ1n) is 2.77. The molecule has 0 aromatic rings. The average Bonchev–Trinajstić information content (AvgIpc) is 1.27. The third-order valence-corrected chi connectivity index (χ3v) is 0.730.